The molecule has 0 spiro atoms. The number of nitrogens with zero attached hydrogens (tertiary/aromatic N) is 2. The van der Waals surface area contributed by atoms with E-state index in [-0.39, 0.29) is 5.78 Å². The molecule has 2 aromatic carbocycles. The first kappa shape index (κ1) is 20.4. The van der Waals surface area contributed by atoms with Crippen LogP contribution in [0.2, 0.25) is 0 Å². The summed E-state index contributed by atoms with van der Waals surface area (Å²) in [7, 11) is 0. The van der Waals surface area contributed by atoms with Gasteiger partial charge in [-0.3, -0.25) is 4.79 Å². The highest BCUT2D eigenvalue weighted by Crippen LogP contribution is 2.18. The van der Waals surface area contributed by atoms with Crippen LogP contribution in [-0.2, 0) is 14.3 Å². The fourth-order valence-corrected chi connectivity index (χ4v) is 3.65. The molecule has 2 aromatic rings. The van der Waals surface area contributed by atoms with Crippen molar-refractivity contribution >= 4 is 29.3 Å². The van der Waals surface area contributed by atoms with Crippen molar-refractivity contribution in [2.24, 2.45) is 0 Å². The number of morpholine rings is 2. The highest BCUT2D eigenvalue weighted by molar-refractivity contribution is 6.04. The van der Waals surface area contributed by atoms with Crippen LogP contribution in [0, 0.1) is 0 Å². The van der Waals surface area contributed by atoms with Gasteiger partial charge in [-0.25, -0.2) is 0 Å². The molecule has 0 amide bonds. The minimum atomic E-state index is -0.0236. The average molecular weight is 405 g/mol. The number of benzene rings is 2. The van der Waals surface area contributed by atoms with Crippen LogP contribution in [0.4, 0.5) is 11.4 Å². The van der Waals surface area contributed by atoms with E-state index in [1.165, 1.54) is 11.4 Å². The molecule has 0 aliphatic carbocycles. The van der Waals surface area contributed by atoms with Gasteiger partial charge in [0.1, 0.15) is 0 Å². The van der Waals surface area contributed by atoms with Gasteiger partial charge in [0.25, 0.3) is 0 Å². The monoisotopic (exact) mass is 404 g/mol. The van der Waals surface area contributed by atoms with E-state index in [1.807, 2.05) is 36.4 Å². The van der Waals surface area contributed by atoms with E-state index >= 15 is 0 Å². The molecular weight excluding hydrogens is 376 g/mol. The summed E-state index contributed by atoms with van der Waals surface area (Å²) in [5.74, 6) is -0.0236. The maximum atomic E-state index is 12.2. The van der Waals surface area contributed by atoms with Crippen LogP contribution in [0.1, 0.15) is 11.1 Å². The highest BCUT2D eigenvalue weighted by Gasteiger charge is 2.11. The van der Waals surface area contributed by atoms with Gasteiger partial charge in [-0.15, -0.1) is 0 Å². The van der Waals surface area contributed by atoms with Crippen molar-refractivity contribution in [1.82, 2.24) is 0 Å². The smallest absolute Gasteiger partial charge is 0.178 e. The second kappa shape index (κ2) is 10.2. The number of rotatable bonds is 6. The standard InChI is InChI=1S/C25H28N2O3/c28-25(11-5-21-1-7-23(8-2-21)26-13-17-29-18-14-26)12-6-22-3-9-24(10-4-22)27-15-19-30-20-16-27/h1-12H,13-20H2/b11-5+,12-6+. The molecule has 2 aliphatic rings. The SMILES string of the molecule is O=C(/C=C/c1ccc(N2CCOCC2)cc1)/C=C/c1ccc(N2CCOCC2)cc1. The summed E-state index contributed by atoms with van der Waals surface area (Å²) in [4.78, 5) is 16.8. The zero-order chi connectivity index (χ0) is 20.6. The predicted molar refractivity (Wildman–Crippen MR) is 122 cm³/mol. The van der Waals surface area contributed by atoms with E-state index in [9.17, 15) is 4.79 Å². The maximum Gasteiger partial charge on any atom is 0.178 e. The van der Waals surface area contributed by atoms with E-state index in [4.69, 9.17) is 9.47 Å². The lowest BCUT2D eigenvalue weighted by atomic mass is 10.1. The number of ether oxygens (including phenoxy) is 2. The summed E-state index contributed by atoms with van der Waals surface area (Å²) in [5.41, 5.74) is 4.43. The van der Waals surface area contributed by atoms with Crippen molar-refractivity contribution in [1.29, 1.82) is 0 Å². The first-order chi connectivity index (χ1) is 14.8. The molecule has 0 saturated carbocycles. The molecule has 5 heteroatoms. The minimum Gasteiger partial charge on any atom is -0.378 e. The fraction of sp³-hybridized carbons (Fsp3) is 0.320. The Kier molecular flexibility index (Phi) is 6.95. The molecule has 2 saturated heterocycles. The van der Waals surface area contributed by atoms with Crippen molar-refractivity contribution in [2.45, 2.75) is 0 Å². The van der Waals surface area contributed by atoms with Gasteiger partial charge in [-0.2, -0.15) is 0 Å². The lowest BCUT2D eigenvalue weighted by Crippen LogP contribution is -2.36. The quantitative estimate of drug-likeness (QED) is 0.688. The van der Waals surface area contributed by atoms with Crippen LogP contribution in [-0.4, -0.2) is 58.4 Å². The average Bonchev–Trinajstić information content (AvgIpc) is 2.83. The molecule has 0 radical (unpaired) electrons. The van der Waals surface area contributed by atoms with E-state index in [2.05, 4.69) is 34.1 Å². The number of allylic oxidation sites excluding steroid dienone is 2. The number of carbonyl (C=O) groups is 1. The van der Waals surface area contributed by atoms with Crippen molar-refractivity contribution in [2.75, 3.05) is 62.4 Å². The van der Waals surface area contributed by atoms with Gasteiger partial charge in [0.05, 0.1) is 26.4 Å². The molecular formula is C25H28N2O3. The first-order valence-corrected chi connectivity index (χ1v) is 10.5. The predicted octanol–water partition coefficient (Wildman–Crippen LogP) is 3.66. The van der Waals surface area contributed by atoms with Crippen LogP contribution in [0.15, 0.2) is 60.7 Å². The molecule has 2 fully saturated rings. The third-order valence-electron chi connectivity index (χ3n) is 5.42. The summed E-state index contributed by atoms with van der Waals surface area (Å²) in [6.45, 7) is 6.79. The molecule has 0 atom stereocenters. The Balaban J connectivity index is 1.30. The second-order valence-electron chi connectivity index (χ2n) is 7.45. The molecule has 0 aromatic heterocycles. The Morgan fingerprint density at radius 3 is 1.37 bits per heavy atom. The Morgan fingerprint density at radius 2 is 1.00 bits per heavy atom. The van der Waals surface area contributed by atoms with Crippen molar-refractivity contribution in [3.8, 4) is 0 Å². The van der Waals surface area contributed by atoms with Crippen LogP contribution >= 0.6 is 0 Å². The van der Waals surface area contributed by atoms with Crippen molar-refractivity contribution in [3.05, 3.63) is 71.8 Å². The van der Waals surface area contributed by atoms with E-state index in [0.717, 1.165) is 63.7 Å². The molecule has 2 heterocycles. The lowest BCUT2D eigenvalue weighted by Gasteiger charge is -2.28. The molecule has 30 heavy (non-hydrogen) atoms. The summed E-state index contributed by atoms with van der Waals surface area (Å²) in [6.07, 6.45) is 6.94. The van der Waals surface area contributed by atoms with Gasteiger partial charge in [-0.1, -0.05) is 36.4 Å². The highest BCUT2D eigenvalue weighted by atomic mass is 16.5. The minimum absolute atomic E-state index is 0.0236. The first-order valence-electron chi connectivity index (χ1n) is 10.5. The number of anilines is 2. The van der Waals surface area contributed by atoms with E-state index < -0.39 is 0 Å². The van der Waals surface area contributed by atoms with Gasteiger partial charge in [0.2, 0.25) is 0 Å². The van der Waals surface area contributed by atoms with E-state index in [0.29, 0.717) is 0 Å². The molecule has 156 valence electrons. The van der Waals surface area contributed by atoms with Crippen LogP contribution in [0.5, 0.6) is 0 Å². The number of hydrogen-bond donors (Lipinski definition) is 0. The normalized spacial score (nSPS) is 17.7. The third-order valence-corrected chi connectivity index (χ3v) is 5.42. The van der Waals surface area contributed by atoms with Gasteiger partial charge < -0.3 is 19.3 Å². The van der Waals surface area contributed by atoms with Crippen LogP contribution < -0.4 is 9.80 Å². The fourth-order valence-electron chi connectivity index (χ4n) is 3.65. The third kappa shape index (κ3) is 5.59. The number of carbonyl (C=O) groups excluding carboxylic acids is 1. The van der Waals surface area contributed by atoms with Gasteiger partial charge in [-0.05, 0) is 47.5 Å². The van der Waals surface area contributed by atoms with Gasteiger partial charge >= 0.3 is 0 Å². The largest absolute Gasteiger partial charge is 0.378 e. The number of ketones is 1. The Bertz CT molecular complexity index is 802. The lowest BCUT2D eigenvalue weighted by molar-refractivity contribution is -0.110. The maximum absolute atomic E-state index is 12.2. The zero-order valence-electron chi connectivity index (χ0n) is 17.2. The molecule has 0 bridgehead atoms. The number of hydrogen-bond acceptors (Lipinski definition) is 5. The zero-order valence-corrected chi connectivity index (χ0v) is 17.2. The molecule has 5 nitrogen and oxygen atoms in total. The molecule has 4 rings (SSSR count). The van der Waals surface area contributed by atoms with Gasteiger partial charge in [0, 0.05) is 37.6 Å². The summed E-state index contributed by atoms with van der Waals surface area (Å²) in [5, 5.41) is 0. The Labute approximate surface area is 178 Å². The molecule has 2 aliphatic heterocycles. The van der Waals surface area contributed by atoms with Gasteiger partial charge in [0.15, 0.2) is 5.78 Å². The van der Waals surface area contributed by atoms with E-state index in [1.54, 1.807) is 12.2 Å². The Hall–Kier alpha value is -2.89. The summed E-state index contributed by atoms with van der Waals surface area (Å²) in [6, 6.07) is 16.6. The molecule has 0 unspecified atom stereocenters. The second-order valence-corrected chi connectivity index (χ2v) is 7.45. The topological polar surface area (TPSA) is 42.0 Å². The summed E-state index contributed by atoms with van der Waals surface area (Å²) >= 11 is 0. The van der Waals surface area contributed by atoms with Crippen molar-refractivity contribution in [3.63, 3.8) is 0 Å². The van der Waals surface area contributed by atoms with Crippen LogP contribution in [0.25, 0.3) is 12.2 Å². The molecule has 0 N–H and O–H groups in total. The van der Waals surface area contributed by atoms with Crippen molar-refractivity contribution < 1.29 is 14.3 Å². The Morgan fingerprint density at radius 1 is 0.633 bits per heavy atom. The van der Waals surface area contributed by atoms with Crippen LogP contribution in [0.3, 0.4) is 0 Å². The summed E-state index contributed by atoms with van der Waals surface area (Å²) < 4.78 is 10.8.